The van der Waals surface area contributed by atoms with E-state index in [0.717, 1.165) is 30.3 Å². The van der Waals surface area contributed by atoms with Crippen LogP contribution in [0.4, 0.5) is 5.69 Å². The summed E-state index contributed by atoms with van der Waals surface area (Å²) in [6, 6.07) is 12.4. The maximum atomic E-state index is 10.9. The van der Waals surface area contributed by atoms with Crippen molar-refractivity contribution in [3.63, 3.8) is 0 Å². The van der Waals surface area contributed by atoms with Gasteiger partial charge in [-0.15, -0.1) is 0 Å². The predicted molar refractivity (Wildman–Crippen MR) is 91.4 cm³/mol. The van der Waals surface area contributed by atoms with E-state index in [-0.39, 0.29) is 0 Å². The molecule has 2 heteroatoms. The van der Waals surface area contributed by atoms with Gasteiger partial charge < -0.3 is 4.90 Å². The fourth-order valence-electron chi connectivity index (χ4n) is 2.59. The van der Waals surface area contributed by atoms with E-state index in [9.17, 15) is 4.79 Å². The second-order valence-electron chi connectivity index (χ2n) is 5.60. The highest BCUT2D eigenvalue weighted by Crippen LogP contribution is 2.23. The van der Waals surface area contributed by atoms with Gasteiger partial charge in [-0.25, -0.2) is 0 Å². The van der Waals surface area contributed by atoms with Gasteiger partial charge in [0.1, 0.15) is 6.29 Å². The number of anilines is 1. The number of unbranched alkanes of at least 4 members (excludes halogenated alkanes) is 2. The summed E-state index contributed by atoms with van der Waals surface area (Å²) in [6.07, 6.45) is 5.80. The van der Waals surface area contributed by atoms with Crippen LogP contribution in [0, 0.1) is 0 Å². The number of hydrogen-bond acceptors (Lipinski definition) is 2. The third-order valence-electron chi connectivity index (χ3n) is 3.91. The summed E-state index contributed by atoms with van der Waals surface area (Å²) >= 11 is 0. The fraction of sp³-hybridized carbons (Fsp3) is 0.421. The minimum absolute atomic E-state index is 0.740. The monoisotopic (exact) mass is 283 g/mol. The van der Waals surface area contributed by atoms with E-state index in [1.165, 1.54) is 36.8 Å². The van der Waals surface area contributed by atoms with Crippen molar-refractivity contribution in [1.29, 1.82) is 0 Å². The Bertz CT molecular complexity index is 583. The minimum Gasteiger partial charge on any atom is -0.372 e. The average molecular weight is 283 g/mol. The summed E-state index contributed by atoms with van der Waals surface area (Å²) in [5.74, 6) is 0. The van der Waals surface area contributed by atoms with Gasteiger partial charge in [0.25, 0.3) is 0 Å². The van der Waals surface area contributed by atoms with Gasteiger partial charge in [-0.1, -0.05) is 44.9 Å². The molecule has 0 heterocycles. The molecule has 0 bridgehead atoms. The molecule has 0 saturated carbocycles. The van der Waals surface area contributed by atoms with E-state index < -0.39 is 0 Å². The van der Waals surface area contributed by atoms with E-state index in [4.69, 9.17) is 0 Å². The van der Waals surface area contributed by atoms with E-state index >= 15 is 0 Å². The van der Waals surface area contributed by atoms with Gasteiger partial charge in [-0.3, -0.25) is 4.79 Å². The molecular weight excluding hydrogens is 258 g/mol. The zero-order valence-corrected chi connectivity index (χ0v) is 13.1. The van der Waals surface area contributed by atoms with Crippen molar-refractivity contribution >= 4 is 22.7 Å². The third kappa shape index (κ3) is 4.07. The molecule has 0 N–H and O–H groups in total. The first-order chi connectivity index (χ1) is 10.3. The lowest BCUT2D eigenvalue weighted by molar-refractivity contribution is 0.112. The molecule has 21 heavy (non-hydrogen) atoms. The van der Waals surface area contributed by atoms with Gasteiger partial charge in [0.2, 0.25) is 0 Å². The molecule has 0 saturated heterocycles. The molecule has 2 aromatic rings. The smallest absolute Gasteiger partial charge is 0.150 e. The van der Waals surface area contributed by atoms with E-state index in [1.807, 2.05) is 18.2 Å². The summed E-state index contributed by atoms with van der Waals surface area (Å²) in [5, 5.41) is 2.34. The van der Waals surface area contributed by atoms with Gasteiger partial charge in [0, 0.05) is 24.3 Å². The zero-order valence-electron chi connectivity index (χ0n) is 13.1. The van der Waals surface area contributed by atoms with Crippen LogP contribution in [0.1, 0.15) is 49.9 Å². The van der Waals surface area contributed by atoms with Crippen molar-refractivity contribution in [1.82, 2.24) is 0 Å². The third-order valence-corrected chi connectivity index (χ3v) is 3.91. The molecule has 0 aliphatic carbocycles. The molecule has 0 aromatic heterocycles. The Hall–Kier alpha value is -1.83. The first-order valence-corrected chi connectivity index (χ1v) is 8.02. The van der Waals surface area contributed by atoms with Crippen LogP contribution in [-0.2, 0) is 0 Å². The van der Waals surface area contributed by atoms with Gasteiger partial charge in [-0.2, -0.15) is 0 Å². The fourth-order valence-corrected chi connectivity index (χ4v) is 2.59. The van der Waals surface area contributed by atoms with Crippen LogP contribution in [0.2, 0.25) is 0 Å². The first kappa shape index (κ1) is 15.6. The lowest BCUT2D eigenvalue weighted by atomic mass is 10.1. The number of carbonyl (C=O) groups is 1. The minimum atomic E-state index is 0.740. The zero-order chi connectivity index (χ0) is 15.1. The molecule has 0 atom stereocenters. The highest BCUT2D eigenvalue weighted by molar-refractivity contribution is 5.90. The van der Waals surface area contributed by atoms with E-state index in [1.54, 1.807) is 0 Å². The first-order valence-electron chi connectivity index (χ1n) is 8.02. The highest BCUT2D eigenvalue weighted by atomic mass is 16.1. The Kier molecular flexibility index (Phi) is 5.79. The van der Waals surface area contributed by atoms with Crippen molar-refractivity contribution < 1.29 is 4.79 Å². The Morgan fingerprint density at radius 3 is 2.14 bits per heavy atom. The summed E-state index contributed by atoms with van der Waals surface area (Å²) in [4.78, 5) is 13.3. The predicted octanol–water partition coefficient (Wildman–Crippen LogP) is 5.06. The lowest BCUT2D eigenvalue weighted by Crippen LogP contribution is -2.25. The van der Waals surface area contributed by atoms with Crippen LogP contribution in [0.3, 0.4) is 0 Å². The topological polar surface area (TPSA) is 20.3 Å². The number of nitrogens with zero attached hydrogens (tertiary/aromatic N) is 1. The highest BCUT2D eigenvalue weighted by Gasteiger charge is 2.06. The van der Waals surface area contributed by atoms with E-state index in [0.29, 0.717) is 0 Å². The number of hydrogen-bond donors (Lipinski definition) is 0. The van der Waals surface area contributed by atoms with Crippen molar-refractivity contribution in [2.75, 3.05) is 18.0 Å². The molecule has 2 rings (SSSR count). The SMILES string of the molecule is CCCCN(CCCC)c1ccc2cc(C=O)ccc2c1. The summed E-state index contributed by atoms with van der Waals surface area (Å²) in [6.45, 7) is 6.71. The van der Waals surface area contributed by atoms with Crippen LogP contribution in [0.5, 0.6) is 0 Å². The van der Waals surface area contributed by atoms with Crippen molar-refractivity contribution in [3.8, 4) is 0 Å². The Balaban J connectivity index is 2.27. The summed E-state index contributed by atoms with van der Waals surface area (Å²) in [7, 11) is 0. The van der Waals surface area contributed by atoms with Gasteiger partial charge in [-0.05, 0) is 41.8 Å². The Morgan fingerprint density at radius 1 is 0.905 bits per heavy atom. The largest absolute Gasteiger partial charge is 0.372 e. The maximum Gasteiger partial charge on any atom is 0.150 e. The molecule has 2 aromatic carbocycles. The Labute approximate surface area is 127 Å². The van der Waals surface area contributed by atoms with Gasteiger partial charge >= 0.3 is 0 Å². The molecule has 0 spiro atoms. The Morgan fingerprint density at radius 2 is 1.52 bits per heavy atom. The second-order valence-corrected chi connectivity index (χ2v) is 5.60. The van der Waals surface area contributed by atoms with Crippen LogP contribution in [0.15, 0.2) is 36.4 Å². The average Bonchev–Trinajstić information content (AvgIpc) is 2.54. The molecule has 0 aliphatic heterocycles. The number of fused-ring (bicyclic) bond motifs is 1. The maximum absolute atomic E-state index is 10.9. The van der Waals surface area contributed by atoms with Crippen molar-refractivity contribution in [2.24, 2.45) is 0 Å². The second kappa shape index (κ2) is 7.82. The van der Waals surface area contributed by atoms with Gasteiger partial charge in [0.05, 0.1) is 0 Å². The quantitative estimate of drug-likeness (QED) is 0.631. The van der Waals surface area contributed by atoms with Crippen LogP contribution < -0.4 is 4.90 Å². The molecule has 0 amide bonds. The molecule has 0 unspecified atom stereocenters. The van der Waals surface area contributed by atoms with Crippen LogP contribution in [0.25, 0.3) is 10.8 Å². The molecule has 2 nitrogen and oxygen atoms in total. The normalized spacial score (nSPS) is 10.8. The van der Waals surface area contributed by atoms with E-state index in [2.05, 4.69) is 36.9 Å². The van der Waals surface area contributed by atoms with Crippen LogP contribution in [-0.4, -0.2) is 19.4 Å². The summed E-state index contributed by atoms with van der Waals surface area (Å²) < 4.78 is 0. The number of aldehydes is 1. The van der Waals surface area contributed by atoms with Crippen molar-refractivity contribution in [2.45, 2.75) is 39.5 Å². The molecule has 0 fully saturated rings. The molecule has 0 radical (unpaired) electrons. The number of carbonyl (C=O) groups excluding carboxylic acids is 1. The molecule has 112 valence electrons. The number of benzene rings is 2. The number of rotatable bonds is 8. The molecule has 0 aliphatic rings. The van der Waals surface area contributed by atoms with Gasteiger partial charge in [0.15, 0.2) is 0 Å². The summed E-state index contributed by atoms with van der Waals surface area (Å²) in [5.41, 5.74) is 2.03. The lowest BCUT2D eigenvalue weighted by Gasteiger charge is -2.25. The van der Waals surface area contributed by atoms with Crippen LogP contribution >= 0.6 is 0 Å². The van der Waals surface area contributed by atoms with Crippen molar-refractivity contribution in [3.05, 3.63) is 42.0 Å². The molecular formula is C19H25NO. The standard InChI is InChI=1S/C19H25NO/c1-3-5-11-20(12-6-4-2)19-10-9-17-13-16(15-21)7-8-18(17)14-19/h7-10,13-15H,3-6,11-12H2,1-2H3.